The van der Waals surface area contributed by atoms with E-state index >= 15 is 0 Å². The fourth-order valence-corrected chi connectivity index (χ4v) is 5.75. The number of aliphatic carboxylic acids is 1. The van der Waals surface area contributed by atoms with Crippen molar-refractivity contribution in [3.8, 4) is 11.1 Å². The maximum atomic E-state index is 13.1. The van der Waals surface area contributed by atoms with Gasteiger partial charge in [0.25, 0.3) is 0 Å². The SMILES string of the molecule is Cc1onc(C2CC2)c1S(=O)(=O)N[C@@H](Cc1ccc(-c2cccc(NC(=O)NC3CC3)c2)cc1)C(=O)O. The Morgan fingerprint density at radius 3 is 2.46 bits per heavy atom. The summed E-state index contributed by atoms with van der Waals surface area (Å²) in [5, 5.41) is 19.3. The first-order chi connectivity index (χ1) is 17.7. The number of aryl methyl sites for hydroxylation is 1. The second-order valence-corrected chi connectivity index (χ2v) is 11.2. The third kappa shape index (κ3) is 6.00. The number of rotatable bonds is 10. The van der Waals surface area contributed by atoms with Gasteiger partial charge in [0.05, 0.1) is 0 Å². The van der Waals surface area contributed by atoms with Gasteiger partial charge in [0, 0.05) is 17.6 Å². The third-order valence-electron chi connectivity index (χ3n) is 6.42. The van der Waals surface area contributed by atoms with Crippen molar-refractivity contribution in [3.05, 3.63) is 65.5 Å². The van der Waals surface area contributed by atoms with Gasteiger partial charge in [-0.15, -0.1) is 0 Å². The summed E-state index contributed by atoms with van der Waals surface area (Å²) in [5.74, 6) is -1.11. The van der Waals surface area contributed by atoms with Crippen molar-refractivity contribution >= 4 is 27.7 Å². The molecule has 0 spiro atoms. The van der Waals surface area contributed by atoms with Gasteiger partial charge >= 0.3 is 12.0 Å². The molecule has 3 aromatic rings. The number of sulfonamides is 1. The number of carboxylic acid groups (broad SMARTS) is 1. The fraction of sp³-hybridized carbons (Fsp3) is 0.346. The molecule has 2 aromatic carbocycles. The Kier molecular flexibility index (Phi) is 6.74. The predicted octanol–water partition coefficient (Wildman–Crippen LogP) is 3.79. The second-order valence-electron chi connectivity index (χ2n) is 9.59. The first-order valence-corrected chi connectivity index (χ1v) is 13.7. The normalized spacial score (nSPS) is 16.2. The zero-order chi connectivity index (χ0) is 26.2. The van der Waals surface area contributed by atoms with Crippen molar-refractivity contribution in [2.45, 2.75) is 61.9 Å². The van der Waals surface area contributed by atoms with Crippen LogP contribution in [0.25, 0.3) is 11.1 Å². The summed E-state index contributed by atoms with van der Waals surface area (Å²) >= 11 is 0. The first-order valence-electron chi connectivity index (χ1n) is 12.2. The van der Waals surface area contributed by atoms with Gasteiger partial charge < -0.3 is 20.3 Å². The van der Waals surface area contributed by atoms with Crippen molar-refractivity contribution in [2.75, 3.05) is 5.32 Å². The molecule has 4 N–H and O–H groups in total. The molecule has 1 atom stereocenters. The Morgan fingerprint density at radius 1 is 1.08 bits per heavy atom. The molecule has 0 bridgehead atoms. The minimum atomic E-state index is -4.14. The smallest absolute Gasteiger partial charge is 0.322 e. The lowest BCUT2D eigenvalue weighted by Gasteiger charge is -2.15. The van der Waals surface area contributed by atoms with E-state index in [1.165, 1.54) is 6.92 Å². The summed E-state index contributed by atoms with van der Waals surface area (Å²) in [6, 6.07) is 13.3. The lowest BCUT2D eigenvalue weighted by molar-refractivity contribution is -0.138. The zero-order valence-electron chi connectivity index (χ0n) is 20.2. The van der Waals surface area contributed by atoms with Gasteiger partial charge in [0.1, 0.15) is 16.6 Å². The second kappa shape index (κ2) is 9.98. The Morgan fingerprint density at radius 2 is 1.81 bits per heavy atom. The lowest BCUT2D eigenvalue weighted by Crippen LogP contribution is -2.42. The van der Waals surface area contributed by atoms with Crippen LogP contribution in [0, 0.1) is 6.92 Å². The Labute approximate surface area is 214 Å². The monoisotopic (exact) mass is 524 g/mol. The maximum Gasteiger partial charge on any atom is 0.322 e. The number of carboxylic acids is 1. The summed E-state index contributed by atoms with van der Waals surface area (Å²) in [5.41, 5.74) is 3.43. The summed E-state index contributed by atoms with van der Waals surface area (Å²) in [4.78, 5) is 23.9. The van der Waals surface area contributed by atoms with Gasteiger partial charge in [0.15, 0.2) is 5.76 Å². The Balaban J connectivity index is 1.27. The zero-order valence-corrected chi connectivity index (χ0v) is 21.0. The van der Waals surface area contributed by atoms with Crippen LogP contribution in [0.15, 0.2) is 57.9 Å². The summed E-state index contributed by atoms with van der Waals surface area (Å²) in [6.07, 6.45) is 3.63. The maximum absolute atomic E-state index is 13.1. The highest BCUT2D eigenvalue weighted by atomic mass is 32.2. The first kappa shape index (κ1) is 25.0. The molecular formula is C26H28N4O6S. The average molecular weight is 525 g/mol. The van der Waals surface area contributed by atoms with E-state index in [4.69, 9.17) is 4.52 Å². The molecular weight excluding hydrogens is 496 g/mol. The van der Waals surface area contributed by atoms with E-state index in [2.05, 4.69) is 20.5 Å². The largest absolute Gasteiger partial charge is 0.480 e. The molecule has 2 aliphatic carbocycles. The number of hydrogen-bond acceptors (Lipinski definition) is 6. The number of anilines is 1. The molecule has 0 unspecified atom stereocenters. The molecule has 194 valence electrons. The molecule has 0 saturated heterocycles. The number of aromatic nitrogens is 1. The minimum Gasteiger partial charge on any atom is -0.480 e. The topological polar surface area (TPSA) is 151 Å². The van der Waals surface area contributed by atoms with Crippen LogP contribution in [0.1, 0.15) is 48.6 Å². The number of nitrogens with one attached hydrogen (secondary N) is 3. The number of benzene rings is 2. The number of carbonyl (C=O) groups excluding carboxylic acids is 1. The Hall–Kier alpha value is -3.70. The number of hydrogen-bond donors (Lipinski definition) is 4. The summed E-state index contributed by atoms with van der Waals surface area (Å²) in [7, 11) is -4.14. The molecule has 0 aliphatic heterocycles. The standard InChI is InChI=1S/C26H28N4O6S/c1-15-24(23(29-36-15)18-9-10-18)37(34,35)30-22(25(31)32)13-16-5-7-17(8-6-16)19-3-2-4-21(14-19)28-26(33)27-20-11-12-20/h2-8,14,18,20,22,30H,9-13H2,1H3,(H,31,32)(H2,27,28,33)/t22-/m0/s1. The minimum absolute atomic E-state index is 0.0288. The summed E-state index contributed by atoms with van der Waals surface area (Å²) < 4.78 is 33.6. The van der Waals surface area contributed by atoms with Crippen molar-refractivity contribution < 1.29 is 27.6 Å². The van der Waals surface area contributed by atoms with E-state index in [9.17, 15) is 23.1 Å². The third-order valence-corrected chi connectivity index (χ3v) is 8.05. The van der Waals surface area contributed by atoms with E-state index in [-0.39, 0.29) is 35.1 Å². The van der Waals surface area contributed by atoms with E-state index in [0.717, 1.165) is 36.8 Å². The van der Waals surface area contributed by atoms with Gasteiger partial charge in [-0.05, 0) is 67.9 Å². The highest BCUT2D eigenvalue weighted by Crippen LogP contribution is 2.43. The highest BCUT2D eigenvalue weighted by molar-refractivity contribution is 7.89. The molecule has 11 heteroatoms. The Bertz CT molecular complexity index is 1430. The number of amides is 2. The molecule has 2 aliphatic rings. The van der Waals surface area contributed by atoms with Crippen LogP contribution in [0.5, 0.6) is 0 Å². The van der Waals surface area contributed by atoms with Crippen LogP contribution in [0.3, 0.4) is 0 Å². The average Bonchev–Trinajstić information content (AvgIpc) is 3.79. The molecule has 10 nitrogen and oxygen atoms in total. The van der Waals surface area contributed by atoms with E-state index in [1.54, 1.807) is 18.2 Å². The van der Waals surface area contributed by atoms with E-state index in [0.29, 0.717) is 16.9 Å². The molecule has 2 fully saturated rings. The molecule has 2 amide bonds. The fourth-order valence-electron chi connectivity index (χ4n) is 4.18. The van der Waals surface area contributed by atoms with Crippen LogP contribution in [0.4, 0.5) is 10.5 Å². The van der Waals surface area contributed by atoms with E-state index in [1.807, 2.05) is 30.3 Å². The molecule has 2 saturated carbocycles. The molecule has 37 heavy (non-hydrogen) atoms. The van der Waals surface area contributed by atoms with Gasteiger partial charge in [-0.1, -0.05) is 41.6 Å². The number of carbonyl (C=O) groups is 2. The van der Waals surface area contributed by atoms with Crippen LogP contribution in [-0.2, 0) is 21.2 Å². The van der Waals surface area contributed by atoms with Gasteiger partial charge in [-0.3, -0.25) is 4.79 Å². The van der Waals surface area contributed by atoms with Crippen molar-refractivity contribution in [1.29, 1.82) is 0 Å². The van der Waals surface area contributed by atoms with Crippen molar-refractivity contribution in [2.24, 2.45) is 0 Å². The molecule has 5 rings (SSSR count). The van der Waals surface area contributed by atoms with Crippen molar-refractivity contribution in [3.63, 3.8) is 0 Å². The number of urea groups is 1. The van der Waals surface area contributed by atoms with Gasteiger partial charge in [-0.25, -0.2) is 13.2 Å². The van der Waals surface area contributed by atoms with Crippen LogP contribution >= 0.6 is 0 Å². The van der Waals surface area contributed by atoms with Gasteiger partial charge in [0.2, 0.25) is 10.0 Å². The van der Waals surface area contributed by atoms with Crippen molar-refractivity contribution in [1.82, 2.24) is 15.2 Å². The highest BCUT2D eigenvalue weighted by Gasteiger charge is 2.37. The van der Waals surface area contributed by atoms with E-state index < -0.39 is 22.0 Å². The predicted molar refractivity (Wildman–Crippen MR) is 136 cm³/mol. The van der Waals surface area contributed by atoms with Crippen LogP contribution in [-0.4, -0.2) is 42.8 Å². The molecule has 1 aromatic heterocycles. The molecule has 1 heterocycles. The van der Waals surface area contributed by atoms with Crippen LogP contribution < -0.4 is 15.4 Å². The quantitative estimate of drug-likeness (QED) is 0.315. The summed E-state index contributed by atoms with van der Waals surface area (Å²) in [6.45, 7) is 1.51. The van der Waals surface area contributed by atoms with Gasteiger partial charge in [-0.2, -0.15) is 4.72 Å². The molecule has 0 radical (unpaired) electrons. The number of nitrogens with zero attached hydrogens (tertiary/aromatic N) is 1. The van der Waals surface area contributed by atoms with Crippen LogP contribution in [0.2, 0.25) is 0 Å². The lowest BCUT2D eigenvalue weighted by atomic mass is 10.0.